The van der Waals surface area contributed by atoms with E-state index in [1.165, 1.54) is 23.3 Å². The van der Waals surface area contributed by atoms with E-state index in [4.69, 9.17) is 0 Å². The van der Waals surface area contributed by atoms with E-state index in [2.05, 4.69) is 37.1 Å². The lowest BCUT2D eigenvalue weighted by Crippen LogP contribution is -2.47. The van der Waals surface area contributed by atoms with Crippen LogP contribution in [0.25, 0.3) is 0 Å². The summed E-state index contributed by atoms with van der Waals surface area (Å²) in [5.41, 5.74) is 4.04. The Bertz CT molecular complexity index is 787. The second-order valence-electron chi connectivity index (χ2n) is 6.97. The molecule has 0 saturated carbocycles. The van der Waals surface area contributed by atoms with Crippen LogP contribution in [0.2, 0.25) is 0 Å². The number of likely N-dealkylation sites (N-methyl/N-ethyl adjacent to an activating group) is 1. The summed E-state index contributed by atoms with van der Waals surface area (Å²) in [6, 6.07) is 12.4. The van der Waals surface area contributed by atoms with Crippen molar-refractivity contribution < 1.29 is 9.18 Å². The lowest BCUT2D eigenvalue weighted by molar-refractivity contribution is 0.0964. The Morgan fingerprint density at radius 2 is 1.92 bits per heavy atom. The summed E-state index contributed by atoms with van der Waals surface area (Å²) in [7, 11) is 2.14. The summed E-state index contributed by atoms with van der Waals surface area (Å²) in [6.45, 7) is 4.04. The second kappa shape index (κ2) is 5.71. The molecule has 2 aromatic rings. The van der Waals surface area contributed by atoms with E-state index in [-0.39, 0.29) is 17.8 Å². The minimum atomic E-state index is -0.318. The van der Waals surface area contributed by atoms with Gasteiger partial charge in [-0.3, -0.25) is 4.79 Å². The van der Waals surface area contributed by atoms with E-state index in [1.54, 1.807) is 12.1 Å². The number of fused-ring (bicyclic) bond motifs is 3. The number of anilines is 1. The van der Waals surface area contributed by atoms with Crippen molar-refractivity contribution in [3.8, 4) is 0 Å². The van der Waals surface area contributed by atoms with Gasteiger partial charge in [-0.05, 0) is 62.8 Å². The topological polar surface area (TPSA) is 23.6 Å². The Morgan fingerprint density at radius 3 is 2.67 bits per heavy atom. The molecule has 4 rings (SSSR count). The highest BCUT2D eigenvalue weighted by molar-refractivity contribution is 6.08. The molecule has 2 unspecified atom stereocenters. The molecule has 0 radical (unpaired) electrons. The van der Waals surface area contributed by atoms with Crippen molar-refractivity contribution in [3.05, 3.63) is 65.0 Å². The van der Waals surface area contributed by atoms with Crippen molar-refractivity contribution in [1.82, 2.24) is 4.90 Å². The summed E-state index contributed by atoms with van der Waals surface area (Å²) in [5, 5.41) is 0. The van der Waals surface area contributed by atoms with Gasteiger partial charge in [0, 0.05) is 29.8 Å². The number of benzene rings is 2. The lowest BCUT2D eigenvalue weighted by Gasteiger charge is -2.36. The fraction of sp³-hybridized carbons (Fsp3) is 0.350. The van der Waals surface area contributed by atoms with Gasteiger partial charge in [0.15, 0.2) is 0 Å². The van der Waals surface area contributed by atoms with E-state index in [1.807, 2.05) is 4.90 Å². The number of aryl methyl sites for hydroxylation is 1. The second-order valence-corrected chi connectivity index (χ2v) is 6.97. The Hall–Kier alpha value is -2.20. The molecule has 2 aromatic carbocycles. The molecule has 0 spiro atoms. The molecular weight excluding hydrogens is 303 g/mol. The predicted octanol–water partition coefficient (Wildman–Crippen LogP) is 3.58. The number of hydrogen-bond donors (Lipinski definition) is 0. The third-order valence-corrected chi connectivity index (χ3v) is 5.26. The zero-order chi connectivity index (χ0) is 16.8. The largest absolute Gasteiger partial charge is 0.306 e. The van der Waals surface area contributed by atoms with Crippen molar-refractivity contribution >= 4 is 11.6 Å². The maximum atomic E-state index is 13.2. The van der Waals surface area contributed by atoms with Gasteiger partial charge in [0.05, 0.1) is 0 Å². The molecule has 1 fully saturated rings. The maximum absolute atomic E-state index is 13.2. The van der Waals surface area contributed by atoms with E-state index in [9.17, 15) is 9.18 Å². The molecule has 4 heteroatoms. The normalized spacial score (nSPS) is 23.0. The molecule has 124 valence electrons. The number of carbonyl (C=O) groups is 1. The SMILES string of the molecule is Cc1ccc2c(c1)C1CN(C)CCC1N2C(=O)c1ccc(F)cc1. The van der Waals surface area contributed by atoms with Crippen molar-refractivity contribution in [2.24, 2.45) is 0 Å². The van der Waals surface area contributed by atoms with Gasteiger partial charge in [0.25, 0.3) is 5.91 Å². The molecule has 2 atom stereocenters. The molecule has 2 heterocycles. The molecule has 0 bridgehead atoms. The van der Waals surface area contributed by atoms with Crippen LogP contribution in [0.5, 0.6) is 0 Å². The Morgan fingerprint density at radius 1 is 1.17 bits per heavy atom. The van der Waals surface area contributed by atoms with Gasteiger partial charge in [-0.25, -0.2) is 4.39 Å². The van der Waals surface area contributed by atoms with E-state index >= 15 is 0 Å². The molecule has 24 heavy (non-hydrogen) atoms. The highest BCUT2D eigenvalue weighted by Crippen LogP contribution is 2.45. The molecular formula is C20H21FN2O. The third-order valence-electron chi connectivity index (χ3n) is 5.26. The number of piperidine rings is 1. The van der Waals surface area contributed by atoms with E-state index < -0.39 is 0 Å². The van der Waals surface area contributed by atoms with Crippen LogP contribution < -0.4 is 4.90 Å². The average Bonchev–Trinajstić information content (AvgIpc) is 2.88. The first-order valence-corrected chi connectivity index (χ1v) is 8.43. The molecule has 2 aliphatic rings. The monoisotopic (exact) mass is 324 g/mol. The van der Waals surface area contributed by atoms with Crippen molar-refractivity contribution in [3.63, 3.8) is 0 Å². The summed E-state index contributed by atoms with van der Waals surface area (Å²) in [6.07, 6.45) is 0.960. The lowest BCUT2D eigenvalue weighted by atomic mass is 9.88. The number of amides is 1. The van der Waals surface area contributed by atoms with Crippen LogP contribution in [0.3, 0.4) is 0 Å². The van der Waals surface area contributed by atoms with Crippen molar-refractivity contribution in [2.75, 3.05) is 25.0 Å². The summed E-state index contributed by atoms with van der Waals surface area (Å²) in [4.78, 5) is 17.4. The number of rotatable bonds is 1. The smallest absolute Gasteiger partial charge is 0.258 e. The standard InChI is InChI=1S/C20H21FN2O/c1-13-3-8-18-16(11-13)17-12-22(2)10-9-19(17)23(18)20(24)14-4-6-15(21)7-5-14/h3-8,11,17,19H,9-10,12H2,1-2H3. The van der Waals surface area contributed by atoms with Crippen LogP contribution in [0.1, 0.15) is 33.8 Å². The minimum absolute atomic E-state index is 0.0304. The molecule has 1 saturated heterocycles. The van der Waals surface area contributed by atoms with Gasteiger partial charge < -0.3 is 9.80 Å². The first kappa shape index (κ1) is 15.3. The molecule has 0 aromatic heterocycles. The zero-order valence-corrected chi connectivity index (χ0v) is 14.0. The predicted molar refractivity (Wildman–Crippen MR) is 93.0 cm³/mol. The molecule has 2 aliphatic heterocycles. The molecule has 1 amide bonds. The Balaban J connectivity index is 1.77. The first-order valence-electron chi connectivity index (χ1n) is 8.43. The molecule has 3 nitrogen and oxygen atoms in total. The van der Waals surface area contributed by atoms with Crippen LogP contribution in [0.15, 0.2) is 42.5 Å². The number of carbonyl (C=O) groups excluding carboxylic acids is 1. The third kappa shape index (κ3) is 2.42. The average molecular weight is 324 g/mol. The Labute approximate surface area is 141 Å². The van der Waals surface area contributed by atoms with E-state index in [0.717, 1.165) is 25.2 Å². The van der Waals surface area contributed by atoms with Crippen LogP contribution in [0, 0.1) is 12.7 Å². The minimum Gasteiger partial charge on any atom is -0.306 e. The molecule has 0 N–H and O–H groups in total. The van der Waals surface area contributed by atoms with Gasteiger partial charge in [-0.15, -0.1) is 0 Å². The van der Waals surface area contributed by atoms with Gasteiger partial charge in [0.1, 0.15) is 5.82 Å². The van der Waals surface area contributed by atoms with Gasteiger partial charge in [-0.1, -0.05) is 17.7 Å². The van der Waals surface area contributed by atoms with Crippen molar-refractivity contribution in [2.45, 2.75) is 25.3 Å². The number of halogens is 1. The van der Waals surface area contributed by atoms with Crippen LogP contribution in [-0.2, 0) is 0 Å². The van der Waals surface area contributed by atoms with E-state index in [0.29, 0.717) is 11.5 Å². The highest BCUT2D eigenvalue weighted by atomic mass is 19.1. The summed E-state index contributed by atoms with van der Waals surface area (Å²) < 4.78 is 13.2. The maximum Gasteiger partial charge on any atom is 0.258 e. The fourth-order valence-electron chi connectivity index (χ4n) is 4.08. The number of nitrogens with zero attached hydrogens (tertiary/aromatic N) is 2. The van der Waals surface area contributed by atoms with Crippen LogP contribution in [-0.4, -0.2) is 37.0 Å². The number of likely N-dealkylation sites (tertiary alicyclic amines) is 1. The summed E-state index contributed by atoms with van der Waals surface area (Å²) in [5.74, 6) is 0.00127. The first-order chi connectivity index (χ1) is 11.5. The molecule has 0 aliphatic carbocycles. The van der Waals surface area contributed by atoms with Gasteiger partial charge >= 0.3 is 0 Å². The van der Waals surface area contributed by atoms with Gasteiger partial charge in [0.2, 0.25) is 0 Å². The quantitative estimate of drug-likeness (QED) is 0.800. The Kier molecular flexibility index (Phi) is 3.65. The zero-order valence-electron chi connectivity index (χ0n) is 14.0. The number of hydrogen-bond acceptors (Lipinski definition) is 2. The summed E-state index contributed by atoms with van der Waals surface area (Å²) >= 11 is 0. The fourth-order valence-corrected chi connectivity index (χ4v) is 4.08. The highest BCUT2D eigenvalue weighted by Gasteiger charge is 2.44. The van der Waals surface area contributed by atoms with Crippen LogP contribution >= 0.6 is 0 Å². The van der Waals surface area contributed by atoms with Crippen molar-refractivity contribution in [1.29, 1.82) is 0 Å². The van der Waals surface area contributed by atoms with Gasteiger partial charge in [-0.2, -0.15) is 0 Å². The van der Waals surface area contributed by atoms with Crippen LogP contribution in [0.4, 0.5) is 10.1 Å².